The van der Waals surface area contributed by atoms with Gasteiger partial charge in [-0.15, -0.1) is 0 Å². The van der Waals surface area contributed by atoms with Crippen molar-refractivity contribution in [3.63, 3.8) is 0 Å². The predicted molar refractivity (Wildman–Crippen MR) is 97.6 cm³/mol. The van der Waals surface area contributed by atoms with E-state index in [0.29, 0.717) is 34.3 Å². The highest BCUT2D eigenvalue weighted by atomic mass is 35.5. The third-order valence-electron chi connectivity index (χ3n) is 3.14. The van der Waals surface area contributed by atoms with E-state index in [-0.39, 0.29) is 10.7 Å². The zero-order valence-corrected chi connectivity index (χ0v) is 14.6. The molecule has 0 fully saturated rings. The number of nitro groups is 1. The Labute approximate surface area is 149 Å². The lowest BCUT2D eigenvalue weighted by molar-refractivity contribution is -0.384. The van der Waals surface area contributed by atoms with E-state index >= 15 is 0 Å². The maximum atomic E-state index is 11.0. The van der Waals surface area contributed by atoms with Crippen molar-refractivity contribution < 1.29 is 14.4 Å². The summed E-state index contributed by atoms with van der Waals surface area (Å²) in [5, 5.41) is 14.1. The molecule has 0 bridgehead atoms. The van der Waals surface area contributed by atoms with Crippen LogP contribution in [0.2, 0.25) is 5.02 Å². The number of methoxy groups -OCH3 is 1. The number of hydrogen-bond donors (Lipinski definition) is 1. The molecule has 0 saturated carbocycles. The molecular weight excluding hydrogens is 352 g/mol. The van der Waals surface area contributed by atoms with Crippen LogP contribution in [0.4, 0.5) is 11.4 Å². The minimum absolute atomic E-state index is 0.0604. The van der Waals surface area contributed by atoms with Crippen molar-refractivity contribution in [2.24, 2.45) is 0 Å². The molecule has 0 atom stereocenters. The van der Waals surface area contributed by atoms with Gasteiger partial charge >= 0.3 is 0 Å². The quantitative estimate of drug-likeness (QED) is 0.462. The molecule has 0 aliphatic carbocycles. The SMILES string of the molecule is CCOc1ccc(NC(=S)c2ccc(Cl)c([N+](=O)[O-])c2)c(OC)c1. The molecule has 2 rings (SSSR count). The first-order valence-electron chi connectivity index (χ1n) is 7.02. The Morgan fingerprint density at radius 3 is 2.71 bits per heavy atom. The van der Waals surface area contributed by atoms with E-state index < -0.39 is 4.92 Å². The average molecular weight is 367 g/mol. The second-order valence-corrected chi connectivity index (χ2v) is 5.49. The standard InChI is InChI=1S/C16H15ClN2O4S/c1-3-23-11-5-7-13(15(9-11)22-2)18-16(24)10-4-6-12(17)14(8-10)19(20)21/h4-9H,3H2,1-2H3,(H,18,24). The van der Waals surface area contributed by atoms with Gasteiger partial charge < -0.3 is 14.8 Å². The number of halogens is 1. The van der Waals surface area contributed by atoms with Crippen molar-refractivity contribution in [3.8, 4) is 11.5 Å². The van der Waals surface area contributed by atoms with Gasteiger partial charge in [-0.2, -0.15) is 0 Å². The number of thiocarbonyl (C=S) groups is 1. The van der Waals surface area contributed by atoms with Gasteiger partial charge in [-0.3, -0.25) is 10.1 Å². The van der Waals surface area contributed by atoms with Crippen LogP contribution in [-0.4, -0.2) is 23.6 Å². The zero-order chi connectivity index (χ0) is 17.7. The zero-order valence-electron chi connectivity index (χ0n) is 13.0. The van der Waals surface area contributed by atoms with Crippen LogP contribution >= 0.6 is 23.8 Å². The van der Waals surface area contributed by atoms with Crippen LogP contribution in [0.15, 0.2) is 36.4 Å². The molecular formula is C16H15ClN2O4S. The highest BCUT2D eigenvalue weighted by Crippen LogP contribution is 2.31. The molecule has 1 N–H and O–H groups in total. The van der Waals surface area contributed by atoms with Crippen molar-refractivity contribution in [2.45, 2.75) is 6.92 Å². The summed E-state index contributed by atoms with van der Waals surface area (Å²) in [4.78, 5) is 10.7. The number of benzene rings is 2. The number of nitro benzene ring substituents is 1. The smallest absolute Gasteiger partial charge is 0.288 e. The molecule has 2 aromatic rings. The number of rotatable bonds is 6. The third-order valence-corrected chi connectivity index (χ3v) is 3.79. The number of hydrogen-bond acceptors (Lipinski definition) is 5. The van der Waals surface area contributed by atoms with E-state index in [0.717, 1.165) is 0 Å². The maximum Gasteiger partial charge on any atom is 0.288 e. The summed E-state index contributed by atoms with van der Waals surface area (Å²) in [6.07, 6.45) is 0. The fourth-order valence-electron chi connectivity index (χ4n) is 2.02. The number of ether oxygens (including phenoxy) is 2. The molecule has 0 unspecified atom stereocenters. The van der Waals surface area contributed by atoms with Crippen LogP contribution in [0.1, 0.15) is 12.5 Å². The molecule has 0 aliphatic heterocycles. The van der Waals surface area contributed by atoms with Crippen LogP contribution < -0.4 is 14.8 Å². The molecule has 0 heterocycles. The van der Waals surface area contributed by atoms with Gasteiger partial charge in [0, 0.05) is 17.7 Å². The van der Waals surface area contributed by atoms with Gasteiger partial charge in [0.1, 0.15) is 21.5 Å². The molecule has 0 saturated heterocycles. The molecule has 6 nitrogen and oxygen atoms in total. The molecule has 24 heavy (non-hydrogen) atoms. The van der Waals surface area contributed by atoms with Gasteiger partial charge in [0.25, 0.3) is 5.69 Å². The lowest BCUT2D eigenvalue weighted by Gasteiger charge is -2.14. The molecule has 0 spiro atoms. The van der Waals surface area contributed by atoms with E-state index in [1.165, 1.54) is 19.2 Å². The Bertz CT molecular complexity index is 783. The lowest BCUT2D eigenvalue weighted by Crippen LogP contribution is -2.12. The van der Waals surface area contributed by atoms with Gasteiger partial charge in [-0.25, -0.2) is 0 Å². The number of nitrogens with zero attached hydrogens (tertiary/aromatic N) is 1. The Balaban J connectivity index is 2.26. The van der Waals surface area contributed by atoms with Gasteiger partial charge in [-0.05, 0) is 25.1 Å². The largest absolute Gasteiger partial charge is 0.494 e. The van der Waals surface area contributed by atoms with Gasteiger partial charge in [0.2, 0.25) is 0 Å². The fourth-order valence-corrected chi connectivity index (χ4v) is 2.44. The summed E-state index contributed by atoms with van der Waals surface area (Å²) in [6.45, 7) is 2.43. The summed E-state index contributed by atoms with van der Waals surface area (Å²) < 4.78 is 10.7. The van der Waals surface area contributed by atoms with Crippen molar-refractivity contribution >= 4 is 40.2 Å². The Morgan fingerprint density at radius 2 is 2.08 bits per heavy atom. The molecule has 8 heteroatoms. The molecule has 2 aromatic carbocycles. The highest BCUT2D eigenvalue weighted by Gasteiger charge is 2.15. The van der Waals surface area contributed by atoms with E-state index in [4.69, 9.17) is 33.3 Å². The lowest BCUT2D eigenvalue weighted by atomic mass is 10.2. The fraction of sp³-hybridized carbons (Fsp3) is 0.188. The average Bonchev–Trinajstić information content (AvgIpc) is 2.56. The molecule has 0 amide bonds. The number of anilines is 1. The van der Waals surface area contributed by atoms with Crippen LogP contribution in [0.25, 0.3) is 0 Å². The van der Waals surface area contributed by atoms with Crippen LogP contribution in [0.3, 0.4) is 0 Å². The Morgan fingerprint density at radius 1 is 1.33 bits per heavy atom. The molecule has 0 aromatic heterocycles. The predicted octanol–water partition coefficient (Wildman–Crippen LogP) is 4.44. The topological polar surface area (TPSA) is 73.6 Å². The van der Waals surface area contributed by atoms with E-state index in [1.54, 1.807) is 24.3 Å². The summed E-state index contributed by atoms with van der Waals surface area (Å²) in [5.41, 5.74) is 0.914. The van der Waals surface area contributed by atoms with Crippen molar-refractivity contribution in [2.75, 3.05) is 19.0 Å². The second kappa shape index (κ2) is 7.94. The van der Waals surface area contributed by atoms with Crippen LogP contribution in [0.5, 0.6) is 11.5 Å². The van der Waals surface area contributed by atoms with Crippen LogP contribution in [-0.2, 0) is 0 Å². The number of nitrogens with one attached hydrogen (secondary N) is 1. The van der Waals surface area contributed by atoms with E-state index in [2.05, 4.69) is 5.32 Å². The molecule has 0 radical (unpaired) electrons. The highest BCUT2D eigenvalue weighted by molar-refractivity contribution is 7.81. The summed E-state index contributed by atoms with van der Waals surface area (Å²) in [6, 6.07) is 9.67. The van der Waals surface area contributed by atoms with Crippen molar-refractivity contribution in [1.82, 2.24) is 0 Å². The first-order chi connectivity index (χ1) is 11.5. The first kappa shape index (κ1) is 18.0. The molecule has 126 valence electrons. The summed E-state index contributed by atoms with van der Waals surface area (Å²) >= 11 is 11.1. The minimum atomic E-state index is -0.550. The van der Waals surface area contributed by atoms with Gasteiger partial charge in [0.05, 0.1) is 24.3 Å². The Kier molecular flexibility index (Phi) is 5.94. The van der Waals surface area contributed by atoms with E-state index in [9.17, 15) is 10.1 Å². The first-order valence-corrected chi connectivity index (χ1v) is 7.81. The third kappa shape index (κ3) is 4.12. The van der Waals surface area contributed by atoms with Gasteiger partial charge in [-0.1, -0.05) is 29.9 Å². The summed E-state index contributed by atoms with van der Waals surface area (Å²) in [7, 11) is 1.53. The normalized spacial score (nSPS) is 10.1. The Hall–Kier alpha value is -2.38. The summed E-state index contributed by atoms with van der Waals surface area (Å²) in [5.74, 6) is 1.22. The van der Waals surface area contributed by atoms with E-state index in [1.807, 2.05) is 6.92 Å². The van der Waals surface area contributed by atoms with Gasteiger partial charge in [0.15, 0.2) is 0 Å². The second-order valence-electron chi connectivity index (χ2n) is 4.67. The van der Waals surface area contributed by atoms with Crippen molar-refractivity contribution in [1.29, 1.82) is 0 Å². The maximum absolute atomic E-state index is 11.0. The monoisotopic (exact) mass is 366 g/mol. The molecule has 0 aliphatic rings. The van der Waals surface area contributed by atoms with Crippen LogP contribution in [0, 0.1) is 10.1 Å². The van der Waals surface area contributed by atoms with Crippen molar-refractivity contribution in [3.05, 3.63) is 57.1 Å². The minimum Gasteiger partial charge on any atom is -0.494 e.